The Labute approximate surface area is 142 Å². The fraction of sp³-hybridized carbons (Fsp3) is 0.562. The van der Waals surface area contributed by atoms with Crippen molar-refractivity contribution in [1.82, 2.24) is 0 Å². The summed E-state index contributed by atoms with van der Waals surface area (Å²) in [5, 5.41) is 0. The lowest BCUT2D eigenvalue weighted by Gasteiger charge is -2.30. The Morgan fingerprint density at radius 1 is 1.13 bits per heavy atom. The fourth-order valence-corrected chi connectivity index (χ4v) is 4.43. The van der Waals surface area contributed by atoms with Crippen molar-refractivity contribution in [2.45, 2.75) is 52.7 Å². The normalized spacial score (nSPS) is 13.4. The number of rotatable bonds is 8. The molecule has 0 spiro atoms. The molecule has 0 radical (unpaired) electrons. The van der Waals surface area contributed by atoms with E-state index >= 15 is 0 Å². The summed E-state index contributed by atoms with van der Waals surface area (Å²) in [4.78, 5) is 11.7. The monoisotopic (exact) mass is 362 g/mol. The number of alkyl halides is 1. The van der Waals surface area contributed by atoms with Crippen molar-refractivity contribution in [2.24, 2.45) is 0 Å². The highest BCUT2D eigenvalue weighted by Gasteiger charge is 2.42. The first-order chi connectivity index (χ1) is 10.7. The molecule has 1 atom stereocenters. The van der Waals surface area contributed by atoms with Gasteiger partial charge in [-0.1, -0.05) is 24.3 Å². The maximum atomic E-state index is 13.4. The van der Waals surface area contributed by atoms with Crippen LogP contribution in [0.15, 0.2) is 24.3 Å². The summed E-state index contributed by atoms with van der Waals surface area (Å²) in [5.41, 5.74) is 1.40. The van der Waals surface area contributed by atoms with Crippen molar-refractivity contribution in [3.63, 3.8) is 0 Å². The molecule has 0 aliphatic heterocycles. The number of halogens is 1. The number of ether oxygens (including phenoxy) is 1. The predicted octanol–water partition coefficient (Wildman–Crippen LogP) is 4.82. The summed E-state index contributed by atoms with van der Waals surface area (Å²) in [7, 11) is -3.76. The van der Waals surface area contributed by atoms with Crippen molar-refractivity contribution in [3.05, 3.63) is 35.4 Å². The third-order valence-electron chi connectivity index (χ3n) is 2.81. The lowest BCUT2D eigenvalue weighted by molar-refractivity contribution is -0.143. The minimum absolute atomic E-state index is 0.342. The molecular formula is C16H24ClO5P. The molecule has 130 valence electrons. The third-order valence-corrected chi connectivity index (χ3v) is 5.42. The molecule has 0 aliphatic carbocycles. The van der Waals surface area contributed by atoms with Gasteiger partial charge in [-0.15, -0.1) is 11.6 Å². The maximum Gasteiger partial charge on any atom is 0.376 e. The first-order valence-corrected chi connectivity index (χ1v) is 9.61. The smallest absolute Gasteiger partial charge is 0.376 e. The lowest BCUT2D eigenvalue weighted by Crippen LogP contribution is -2.19. The summed E-state index contributed by atoms with van der Waals surface area (Å²) in [6.07, 6.45) is -0.721. The first kappa shape index (κ1) is 20.2. The van der Waals surface area contributed by atoms with Gasteiger partial charge in [0, 0.05) is 5.56 Å². The largest absolute Gasteiger partial charge is 0.443 e. The Bertz CT molecular complexity index is 559. The molecule has 0 N–H and O–H groups in total. The van der Waals surface area contributed by atoms with E-state index in [9.17, 15) is 9.36 Å². The highest BCUT2D eigenvalue weighted by molar-refractivity contribution is 7.54. The van der Waals surface area contributed by atoms with Gasteiger partial charge in [0.1, 0.15) is 5.88 Å². The summed E-state index contributed by atoms with van der Waals surface area (Å²) < 4.78 is 29.9. The summed E-state index contributed by atoms with van der Waals surface area (Å²) >= 11 is 5.54. The Balaban J connectivity index is 3.36. The molecule has 1 aromatic carbocycles. The Kier molecular flexibility index (Phi) is 7.75. The van der Waals surface area contributed by atoms with Crippen LogP contribution in [0.4, 0.5) is 0 Å². The highest BCUT2D eigenvalue weighted by atomic mass is 35.5. The maximum absolute atomic E-state index is 13.4. The van der Waals surface area contributed by atoms with Gasteiger partial charge >= 0.3 is 13.6 Å². The molecule has 0 amide bonds. The van der Waals surface area contributed by atoms with Crippen LogP contribution in [-0.2, 0) is 23.1 Å². The second-order valence-corrected chi connectivity index (χ2v) is 7.92. The van der Waals surface area contributed by atoms with Crippen molar-refractivity contribution in [3.8, 4) is 0 Å². The van der Waals surface area contributed by atoms with Crippen LogP contribution in [0.25, 0.3) is 0 Å². The Hall–Kier alpha value is -0.870. The highest BCUT2D eigenvalue weighted by Crippen LogP contribution is 2.63. The molecule has 0 unspecified atom stereocenters. The van der Waals surface area contributed by atoms with Gasteiger partial charge in [-0.2, -0.15) is 0 Å². The van der Waals surface area contributed by atoms with Gasteiger partial charge in [-0.05, 0) is 40.2 Å². The minimum atomic E-state index is -3.76. The van der Waals surface area contributed by atoms with Gasteiger partial charge in [-0.3, -0.25) is 9.36 Å². The van der Waals surface area contributed by atoms with E-state index < -0.39 is 19.4 Å². The van der Waals surface area contributed by atoms with Crippen LogP contribution in [0.3, 0.4) is 0 Å². The van der Waals surface area contributed by atoms with Gasteiger partial charge in [0.05, 0.1) is 12.2 Å². The number of aryl methyl sites for hydroxylation is 1. The Morgan fingerprint density at radius 3 is 2.09 bits per heavy atom. The van der Waals surface area contributed by atoms with Crippen LogP contribution in [0.2, 0.25) is 0 Å². The van der Waals surface area contributed by atoms with E-state index in [4.69, 9.17) is 25.4 Å². The molecule has 7 heteroatoms. The number of carbonyl (C=O) groups is 1. The predicted molar refractivity (Wildman–Crippen MR) is 90.8 cm³/mol. The van der Waals surface area contributed by atoms with E-state index in [1.165, 1.54) is 0 Å². The molecule has 5 nitrogen and oxygen atoms in total. The summed E-state index contributed by atoms with van der Waals surface area (Å²) in [6.45, 7) is 8.82. The minimum Gasteiger partial charge on any atom is -0.443 e. The van der Waals surface area contributed by atoms with E-state index in [0.717, 1.165) is 5.56 Å². The molecule has 0 saturated heterocycles. The van der Waals surface area contributed by atoms with Crippen LogP contribution >= 0.6 is 19.2 Å². The van der Waals surface area contributed by atoms with Gasteiger partial charge in [0.15, 0.2) is 0 Å². The van der Waals surface area contributed by atoms with Gasteiger partial charge in [0.25, 0.3) is 0 Å². The number of benzene rings is 1. The number of hydrogen-bond donors (Lipinski definition) is 0. The van der Waals surface area contributed by atoms with E-state index in [2.05, 4.69) is 0 Å². The molecule has 1 aromatic rings. The number of carbonyl (C=O) groups excluding carboxylic acids is 1. The molecule has 0 saturated carbocycles. The van der Waals surface area contributed by atoms with Crippen molar-refractivity contribution < 1.29 is 23.1 Å². The summed E-state index contributed by atoms with van der Waals surface area (Å²) in [5.74, 6) is -2.18. The third kappa shape index (κ3) is 5.92. The molecule has 23 heavy (non-hydrogen) atoms. The van der Waals surface area contributed by atoms with Gasteiger partial charge in [0.2, 0.25) is 5.85 Å². The molecule has 0 aromatic heterocycles. The van der Waals surface area contributed by atoms with Crippen molar-refractivity contribution in [1.29, 1.82) is 0 Å². The van der Waals surface area contributed by atoms with Gasteiger partial charge in [-0.25, -0.2) is 0 Å². The first-order valence-electron chi connectivity index (χ1n) is 7.47. The number of hydrogen-bond acceptors (Lipinski definition) is 5. The van der Waals surface area contributed by atoms with Crippen LogP contribution in [0.5, 0.6) is 0 Å². The second kappa shape index (κ2) is 8.84. The zero-order valence-corrected chi connectivity index (χ0v) is 15.8. The zero-order chi connectivity index (χ0) is 17.6. The lowest BCUT2D eigenvalue weighted by atomic mass is 10.1. The number of esters is 1. The topological polar surface area (TPSA) is 61.8 Å². The Morgan fingerprint density at radius 2 is 1.65 bits per heavy atom. The van der Waals surface area contributed by atoms with E-state index in [1.54, 1.807) is 39.8 Å². The van der Waals surface area contributed by atoms with Crippen LogP contribution < -0.4 is 0 Å². The zero-order valence-electron chi connectivity index (χ0n) is 14.1. The summed E-state index contributed by atoms with van der Waals surface area (Å²) in [6, 6.07) is 7.20. The van der Waals surface area contributed by atoms with Crippen LogP contribution in [0, 0.1) is 6.92 Å². The molecular weight excluding hydrogens is 339 g/mol. The molecule has 0 heterocycles. The van der Waals surface area contributed by atoms with E-state index in [1.807, 2.05) is 19.1 Å². The average Bonchev–Trinajstić information content (AvgIpc) is 2.43. The quantitative estimate of drug-likeness (QED) is 0.377. The standard InChI is InChI=1S/C16H24ClO5P/c1-11(2)21-23(19,22-12(3)4)16(20-15(18)10-17)14-9-7-6-8-13(14)5/h6-9,11-12,16H,10H2,1-5H3/t16-/m1/s1. The molecule has 0 aliphatic rings. The van der Waals surface area contributed by atoms with Crippen molar-refractivity contribution in [2.75, 3.05) is 5.88 Å². The van der Waals surface area contributed by atoms with Crippen molar-refractivity contribution >= 4 is 25.2 Å². The SMILES string of the molecule is Cc1ccccc1[C@H](OC(=O)CCl)P(=O)(OC(C)C)OC(C)C. The molecule has 0 bridgehead atoms. The van der Waals surface area contributed by atoms with Crippen LogP contribution in [-0.4, -0.2) is 24.1 Å². The molecule has 1 rings (SSSR count). The van der Waals surface area contributed by atoms with Gasteiger partial charge < -0.3 is 13.8 Å². The molecule has 0 fully saturated rings. The van der Waals surface area contributed by atoms with E-state index in [0.29, 0.717) is 5.56 Å². The average molecular weight is 363 g/mol. The van der Waals surface area contributed by atoms with E-state index in [-0.39, 0.29) is 18.1 Å². The van der Waals surface area contributed by atoms with Crippen LogP contribution in [0.1, 0.15) is 44.7 Å². The fourth-order valence-electron chi connectivity index (χ4n) is 2.04. The second-order valence-electron chi connectivity index (χ2n) is 5.68.